The molecule has 0 bridgehead atoms. The number of carbonyl (C=O) groups excluding carboxylic acids is 3. The molecule has 5 heteroatoms. The van der Waals surface area contributed by atoms with Crippen LogP contribution in [0.25, 0.3) is 0 Å². The highest BCUT2D eigenvalue weighted by atomic mass is 16.5. The maximum atomic E-state index is 12.1. The van der Waals surface area contributed by atoms with Crippen molar-refractivity contribution in [3.63, 3.8) is 0 Å². The molecule has 0 aromatic heterocycles. The molecule has 0 fully saturated rings. The first-order valence-electron chi connectivity index (χ1n) is 15.5. The van der Waals surface area contributed by atoms with Gasteiger partial charge in [-0.1, -0.05) is 142 Å². The second-order valence-corrected chi connectivity index (χ2v) is 10.6. The predicted octanol–water partition coefficient (Wildman–Crippen LogP) is 8.62. The number of carbonyl (C=O) groups is 3. The van der Waals surface area contributed by atoms with Crippen LogP contribution >= 0.6 is 0 Å². The van der Waals surface area contributed by atoms with Crippen molar-refractivity contribution in [2.24, 2.45) is 0 Å². The van der Waals surface area contributed by atoms with Crippen LogP contribution in [-0.4, -0.2) is 30.8 Å². The summed E-state index contributed by atoms with van der Waals surface area (Å²) in [5.41, 5.74) is 0. The van der Waals surface area contributed by atoms with Crippen LogP contribution in [0.3, 0.4) is 0 Å². The average molecular weight is 510 g/mol. The zero-order chi connectivity index (χ0) is 26.5. The van der Waals surface area contributed by atoms with E-state index in [-0.39, 0.29) is 18.5 Å². The minimum absolute atomic E-state index is 0.0651. The largest absolute Gasteiger partial charge is 0.463 e. The van der Waals surface area contributed by atoms with Crippen LogP contribution in [0.1, 0.15) is 168 Å². The lowest BCUT2D eigenvalue weighted by atomic mass is 10.1. The lowest BCUT2D eigenvalue weighted by Gasteiger charge is -2.13. The molecule has 5 nitrogen and oxygen atoms in total. The third-order valence-electron chi connectivity index (χ3n) is 6.93. The highest BCUT2D eigenvalue weighted by Crippen LogP contribution is 2.13. The van der Waals surface area contributed by atoms with Crippen molar-refractivity contribution in [1.82, 2.24) is 5.32 Å². The molecule has 0 heterocycles. The number of unbranched alkanes of at least 4 members (excludes halogenated alkanes) is 20. The molecule has 0 unspecified atom stereocenters. The number of ether oxygens (including phenoxy) is 1. The molecule has 0 aliphatic rings. The summed E-state index contributed by atoms with van der Waals surface area (Å²) in [6.07, 6.45) is 28.7. The number of esters is 1. The highest BCUT2D eigenvalue weighted by Gasteiger charge is 2.14. The van der Waals surface area contributed by atoms with Crippen LogP contribution in [-0.2, 0) is 19.1 Å². The van der Waals surface area contributed by atoms with Gasteiger partial charge in [0.25, 0.3) is 0 Å². The summed E-state index contributed by atoms with van der Waals surface area (Å²) >= 11 is 0. The summed E-state index contributed by atoms with van der Waals surface area (Å²) in [5, 5.41) is 2.69. The summed E-state index contributed by atoms with van der Waals surface area (Å²) in [6, 6.07) is -0.744. The van der Waals surface area contributed by atoms with E-state index in [1.54, 1.807) is 0 Å². The van der Waals surface area contributed by atoms with E-state index in [4.69, 9.17) is 4.74 Å². The minimum atomic E-state index is -0.744. The van der Waals surface area contributed by atoms with E-state index in [2.05, 4.69) is 19.2 Å². The monoisotopic (exact) mass is 509 g/mol. The first kappa shape index (κ1) is 34.6. The van der Waals surface area contributed by atoms with Crippen molar-refractivity contribution < 1.29 is 19.1 Å². The summed E-state index contributed by atoms with van der Waals surface area (Å²) in [6.45, 7) is 4.43. The van der Waals surface area contributed by atoms with Gasteiger partial charge in [0.2, 0.25) is 5.91 Å². The first-order chi connectivity index (χ1) is 17.6. The average Bonchev–Trinajstić information content (AvgIpc) is 2.88. The fourth-order valence-electron chi connectivity index (χ4n) is 4.53. The zero-order valence-corrected chi connectivity index (χ0v) is 24.0. The van der Waals surface area contributed by atoms with E-state index in [9.17, 15) is 14.4 Å². The van der Waals surface area contributed by atoms with Gasteiger partial charge in [-0.2, -0.15) is 0 Å². The minimum Gasteiger partial charge on any atom is -0.463 e. The standard InChI is InChI=1S/C31H59NO4/c1-3-5-7-9-11-13-15-17-19-21-23-25-30(34)32-29(27-33)28-36-31(35)26-24-22-20-18-16-14-12-10-8-6-4-2/h27,29H,3-26,28H2,1-2H3,(H,32,34)/t29-/m1/s1. The molecular weight excluding hydrogens is 450 g/mol. The van der Waals surface area contributed by atoms with Gasteiger partial charge >= 0.3 is 5.97 Å². The van der Waals surface area contributed by atoms with Crippen molar-refractivity contribution in [2.45, 2.75) is 174 Å². The second kappa shape index (κ2) is 28.2. The maximum Gasteiger partial charge on any atom is 0.305 e. The summed E-state index contributed by atoms with van der Waals surface area (Å²) in [7, 11) is 0. The van der Waals surface area contributed by atoms with Gasteiger partial charge in [-0.25, -0.2) is 0 Å². The SMILES string of the molecule is CCCCCCCCCCCCCC(=O)N[C@H](C=O)COC(=O)CCCCCCCCCCCCC. The van der Waals surface area contributed by atoms with E-state index < -0.39 is 6.04 Å². The van der Waals surface area contributed by atoms with Crippen molar-refractivity contribution in [1.29, 1.82) is 0 Å². The van der Waals surface area contributed by atoms with Crippen LogP contribution < -0.4 is 5.32 Å². The van der Waals surface area contributed by atoms with Crippen LogP contribution in [0.15, 0.2) is 0 Å². The molecule has 0 radical (unpaired) electrons. The lowest BCUT2D eigenvalue weighted by Crippen LogP contribution is -2.39. The molecule has 0 aromatic carbocycles. The quantitative estimate of drug-likeness (QED) is 0.0651. The van der Waals surface area contributed by atoms with Gasteiger partial charge in [-0.05, 0) is 12.8 Å². The fourth-order valence-corrected chi connectivity index (χ4v) is 4.53. The Bertz CT molecular complexity index is 509. The summed E-state index contributed by atoms with van der Waals surface area (Å²) in [4.78, 5) is 35.3. The molecule has 1 amide bonds. The number of hydrogen-bond donors (Lipinski definition) is 1. The van der Waals surface area contributed by atoms with E-state index in [1.165, 1.54) is 103 Å². The van der Waals surface area contributed by atoms with Crippen molar-refractivity contribution in [2.75, 3.05) is 6.61 Å². The Morgan fingerprint density at radius 1 is 0.583 bits per heavy atom. The van der Waals surface area contributed by atoms with Crippen LogP contribution in [0, 0.1) is 0 Å². The summed E-state index contributed by atoms with van der Waals surface area (Å²) < 4.78 is 5.21. The predicted molar refractivity (Wildman–Crippen MR) is 151 cm³/mol. The smallest absolute Gasteiger partial charge is 0.305 e. The number of nitrogens with one attached hydrogen (secondary N) is 1. The van der Waals surface area contributed by atoms with E-state index in [0.29, 0.717) is 19.1 Å². The van der Waals surface area contributed by atoms with Gasteiger partial charge in [0, 0.05) is 12.8 Å². The fraction of sp³-hybridized carbons (Fsp3) is 0.903. The van der Waals surface area contributed by atoms with Crippen LogP contribution in [0.2, 0.25) is 0 Å². The molecule has 1 atom stereocenters. The molecule has 0 aliphatic carbocycles. The Morgan fingerprint density at radius 2 is 0.944 bits per heavy atom. The molecule has 0 aliphatic heterocycles. The Kier molecular flexibility index (Phi) is 27.1. The molecule has 0 aromatic rings. The van der Waals surface area contributed by atoms with Crippen molar-refractivity contribution in [3.8, 4) is 0 Å². The Balaban J connectivity index is 3.57. The van der Waals surface area contributed by atoms with Crippen molar-refractivity contribution >= 4 is 18.2 Å². The highest BCUT2D eigenvalue weighted by molar-refractivity contribution is 5.79. The van der Waals surface area contributed by atoms with E-state index in [1.807, 2.05) is 0 Å². The van der Waals surface area contributed by atoms with E-state index in [0.717, 1.165) is 38.5 Å². The summed E-state index contributed by atoms with van der Waals surface area (Å²) in [5.74, 6) is -0.415. The number of amides is 1. The van der Waals surface area contributed by atoms with E-state index >= 15 is 0 Å². The normalized spacial score (nSPS) is 11.8. The number of rotatable bonds is 28. The first-order valence-corrected chi connectivity index (χ1v) is 15.5. The molecule has 36 heavy (non-hydrogen) atoms. The molecule has 0 saturated carbocycles. The third kappa shape index (κ3) is 25.7. The zero-order valence-electron chi connectivity index (χ0n) is 24.0. The Hall–Kier alpha value is -1.39. The molecular formula is C31H59NO4. The van der Waals surface area contributed by atoms with Crippen molar-refractivity contribution in [3.05, 3.63) is 0 Å². The van der Waals surface area contributed by atoms with Gasteiger partial charge < -0.3 is 14.8 Å². The Morgan fingerprint density at radius 3 is 1.33 bits per heavy atom. The second-order valence-electron chi connectivity index (χ2n) is 10.6. The third-order valence-corrected chi connectivity index (χ3v) is 6.93. The van der Waals surface area contributed by atoms with Gasteiger partial charge in [-0.15, -0.1) is 0 Å². The molecule has 0 spiro atoms. The van der Waals surface area contributed by atoms with Gasteiger partial charge in [0.15, 0.2) is 0 Å². The van der Waals surface area contributed by atoms with Crippen LogP contribution in [0.4, 0.5) is 0 Å². The Labute approximate surface area is 223 Å². The topological polar surface area (TPSA) is 72.5 Å². The molecule has 0 rings (SSSR count). The molecule has 1 N–H and O–H groups in total. The molecule has 212 valence electrons. The van der Waals surface area contributed by atoms with Crippen LogP contribution in [0.5, 0.6) is 0 Å². The van der Waals surface area contributed by atoms with Gasteiger partial charge in [0.05, 0.1) is 0 Å². The van der Waals surface area contributed by atoms with Gasteiger partial charge in [0.1, 0.15) is 18.9 Å². The molecule has 0 saturated heterocycles. The lowest BCUT2D eigenvalue weighted by molar-refractivity contribution is -0.145. The maximum absolute atomic E-state index is 12.1. The van der Waals surface area contributed by atoms with Gasteiger partial charge in [-0.3, -0.25) is 9.59 Å². The number of aldehydes is 1. The number of hydrogen-bond acceptors (Lipinski definition) is 4.